The lowest BCUT2D eigenvalue weighted by Gasteiger charge is -2.12. The Labute approximate surface area is 123 Å². The van der Waals surface area contributed by atoms with Gasteiger partial charge in [0.25, 0.3) is 0 Å². The van der Waals surface area contributed by atoms with E-state index in [0.29, 0.717) is 17.1 Å². The Kier molecular flexibility index (Phi) is 4.78. The number of nitrogens with zero attached hydrogens (tertiary/aromatic N) is 1. The Morgan fingerprint density at radius 1 is 1.19 bits per heavy atom. The van der Waals surface area contributed by atoms with Crippen molar-refractivity contribution in [2.75, 3.05) is 7.11 Å². The molecule has 0 aliphatic rings. The van der Waals surface area contributed by atoms with Crippen LogP contribution in [0.1, 0.15) is 23.6 Å². The zero-order chi connectivity index (χ0) is 15.2. The van der Waals surface area contributed by atoms with Crippen LogP contribution < -0.4 is 9.47 Å². The summed E-state index contributed by atoms with van der Waals surface area (Å²) in [6, 6.07) is 12.1. The van der Waals surface area contributed by atoms with Gasteiger partial charge in [-0.15, -0.1) is 0 Å². The van der Waals surface area contributed by atoms with Gasteiger partial charge in [0.05, 0.1) is 12.7 Å². The smallest absolute Gasteiger partial charge is 0.161 e. The van der Waals surface area contributed by atoms with Gasteiger partial charge in [-0.1, -0.05) is 25.1 Å². The molecular weight excluding hydrogens is 269 g/mol. The standard InChI is InChI=1S/C17H16FNO2/c1-3-12-7-8-15(16(9-12)20-2)21-11-14-6-4-5-13(10-19)17(14)18/h4-9H,3,11H2,1-2H3. The van der Waals surface area contributed by atoms with Crippen LogP contribution in [0.2, 0.25) is 0 Å². The van der Waals surface area contributed by atoms with Gasteiger partial charge in [-0.25, -0.2) is 4.39 Å². The van der Waals surface area contributed by atoms with Gasteiger partial charge in [0.15, 0.2) is 11.5 Å². The Morgan fingerprint density at radius 2 is 2.00 bits per heavy atom. The molecule has 0 bridgehead atoms. The summed E-state index contributed by atoms with van der Waals surface area (Å²) in [5.41, 5.74) is 1.50. The average molecular weight is 285 g/mol. The van der Waals surface area contributed by atoms with E-state index in [0.717, 1.165) is 12.0 Å². The summed E-state index contributed by atoms with van der Waals surface area (Å²) < 4.78 is 24.8. The van der Waals surface area contributed by atoms with E-state index >= 15 is 0 Å². The molecular formula is C17H16FNO2. The summed E-state index contributed by atoms with van der Waals surface area (Å²) in [7, 11) is 1.57. The molecule has 2 aromatic rings. The van der Waals surface area contributed by atoms with Crippen LogP contribution in [-0.4, -0.2) is 7.11 Å². The lowest BCUT2D eigenvalue weighted by molar-refractivity contribution is 0.279. The normalized spacial score (nSPS) is 10.0. The fraction of sp³-hybridized carbons (Fsp3) is 0.235. The molecule has 2 rings (SSSR count). The second-order valence-electron chi connectivity index (χ2n) is 4.52. The molecule has 0 saturated heterocycles. The van der Waals surface area contributed by atoms with Crippen molar-refractivity contribution in [2.45, 2.75) is 20.0 Å². The Morgan fingerprint density at radius 3 is 2.67 bits per heavy atom. The van der Waals surface area contributed by atoms with Crippen LogP contribution in [0.15, 0.2) is 36.4 Å². The lowest BCUT2D eigenvalue weighted by Crippen LogP contribution is -2.01. The predicted molar refractivity (Wildman–Crippen MR) is 77.8 cm³/mol. The first-order valence-corrected chi connectivity index (χ1v) is 6.66. The van der Waals surface area contributed by atoms with Crippen molar-refractivity contribution in [2.24, 2.45) is 0 Å². The van der Waals surface area contributed by atoms with Crippen LogP contribution in [0, 0.1) is 17.1 Å². The zero-order valence-electron chi connectivity index (χ0n) is 12.0. The molecule has 0 aromatic heterocycles. The number of aryl methyl sites for hydroxylation is 1. The molecule has 0 unspecified atom stereocenters. The molecule has 0 aliphatic carbocycles. The quantitative estimate of drug-likeness (QED) is 0.838. The molecule has 4 heteroatoms. The van der Waals surface area contributed by atoms with Crippen molar-refractivity contribution in [1.29, 1.82) is 5.26 Å². The van der Waals surface area contributed by atoms with Crippen molar-refractivity contribution in [3.8, 4) is 17.6 Å². The molecule has 0 fully saturated rings. The highest BCUT2D eigenvalue weighted by Crippen LogP contribution is 2.29. The second kappa shape index (κ2) is 6.76. The minimum absolute atomic E-state index is 0.0180. The Bertz CT molecular complexity index is 677. The molecule has 108 valence electrons. The van der Waals surface area contributed by atoms with Crippen LogP contribution in [0.4, 0.5) is 4.39 Å². The van der Waals surface area contributed by atoms with Gasteiger partial charge >= 0.3 is 0 Å². The number of hydrogen-bond donors (Lipinski definition) is 0. The van der Waals surface area contributed by atoms with Gasteiger partial charge in [-0.05, 0) is 30.2 Å². The van der Waals surface area contributed by atoms with Crippen LogP contribution in [-0.2, 0) is 13.0 Å². The van der Waals surface area contributed by atoms with Crippen molar-refractivity contribution in [3.05, 3.63) is 58.9 Å². The number of nitriles is 1. The molecule has 0 aliphatic heterocycles. The van der Waals surface area contributed by atoms with E-state index < -0.39 is 5.82 Å². The van der Waals surface area contributed by atoms with Crippen molar-refractivity contribution < 1.29 is 13.9 Å². The minimum Gasteiger partial charge on any atom is -0.493 e. The van der Waals surface area contributed by atoms with E-state index in [4.69, 9.17) is 14.7 Å². The predicted octanol–water partition coefficient (Wildman–Crippen LogP) is 3.85. The molecule has 0 heterocycles. The highest BCUT2D eigenvalue weighted by molar-refractivity contribution is 5.43. The van der Waals surface area contributed by atoms with Crippen LogP contribution in [0.25, 0.3) is 0 Å². The summed E-state index contributed by atoms with van der Waals surface area (Å²) >= 11 is 0. The van der Waals surface area contributed by atoms with Crippen LogP contribution in [0.5, 0.6) is 11.5 Å². The van der Waals surface area contributed by atoms with Crippen LogP contribution >= 0.6 is 0 Å². The fourth-order valence-electron chi connectivity index (χ4n) is 1.98. The van der Waals surface area contributed by atoms with Gasteiger partial charge < -0.3 is 9.47 Å². The largest absolute Gasteiger partial charge is 0.493 e. The maximum Gasteiger partial charge on any atom is 0.161 e. The van der Waals surface area contributed by atoms with E-state index in [1.165, 1.54) is 6.07 Å². The zero-order valence-corrected chi connectivity index (χ0v) is 12.0. The van der Waals surface area contributed by atoms with Gasteiger partial charge in [-0.3, -0.25) is 0 Å². The first-order chi connectivity index (χ1) is 10.2. The van der Waals surface area contributed by atoms with E-state index in [-0.39, 0.29) is 12.2 Å². The van der Waals surface area contributed by atoms with Crippen molar-refractivity contribution in [1.82, 2.24) is 0 Å². The SMILES string of the molecule is CCc1ccc(OCc2cccc(C#N)c2F)c(OC)c1. The summed E-state index contributed by atoms with van der Waals surface area (Å²) in [6.45, 7) is 2.10. The Hall–Kier alpha value is -2.54. The van der Waals surface area contributed by atoms with Gasteiger partial charge in [0, 0.05) is 5.56 Å². The highest BCUT2D eigenvalue weighted by atomic mass is 19.1. The summed E-state index contributed by atoms with van der Waals surface area (Å²) in [5.74, 6) is 0.631. The molecule has 0 amide bonds. The van der Waals surface area contributed by atoms with E-state index in [9.17, 15) is 4.39 Å². The summed E-state index contributed by atoms with van der Waals surface area (Å²) in [4.78, 5) is 0. The topological polar surface area (TPSA) is 42.2 Å². The lowest BCUT2D eigenvalue weighted by atomic mass is 10.1. The summed E-state index contributed by atoms with van der Waals surface area (Å²) in [6.07, 6.45) is 0.898. The molecule has 3 nitrogen and oxygen atoms in total. The summed E-state index contributed by atoms with van der Waals surface area (Å²) in [5, 5.41) is 8.82. The fourth-order valence-corrected chi connectivity index (χ4v) is 1.98. The third kappa shape index (κ3) is 3.32. The van der Waals surface area contributed by atoms with E-state index in [1.807, 2.05) is 24.3 Å². The molecule has 0 spiro atoms. The van der Waals surface area contributed by atoms with Crippen LogP contribution in [0.3, 0.4) is 0 Å². The molecule has 0 N–H and O–H groups in total. The van der Waals surface area contributed by atoms with Gasteiger partial charge in [-0.2, -0.15) is 5.26 Å². The van der Waals surface area contributed by atoms with E-state index in [2.05, 4.69) is 6.92 Å². The Balaban J connectivity index is 2.19. The first kappa shape index (κ1) is 14.9. The third-order valence-electron chi connectivity index (χ3n) is 3.22. The number of hydrogen-bond acceptors (Lipinski definition) is 3. The highest BCUT2D eigenvalue weighted by Gasteiger charge is 2.10. The molecule has 2 aromatic carbocycles. The number of benzene rings is 2. The van der Waals surface area contributed by atoms with Gasteiger partial charge in [0.1, 0.15) is 18.5 Å². The first-order valence-electron chi connectivity index (χ1n) is 6.66. The number of halogens is 1. The molecule has 0 saturated carbocycles. The third-order valence-corrected chi connectivity index (χ3v) is 3.22. The number of ether oxygens (including phenoxy) is 2. The molecule has 0 atom stereocenters. The maximum atomic E-state index is 13.9. The van der Waals surface area contributed by atoms with Crippen molar-refractivity contribution >= 4 is 0 Å². The molecule has 21 heavy (non-hydrogen) atoms. The van der Waals surface area contributed by atoms with Crippen molar-refractivity contribution in [3.63, 3.8) is 0 Å². The van der Waals surface area contributed by atoms with Gasteiger partial charge in [0.2, 0.25) is 0 Å². The molecule has 0 radical (unpaired) electrons. The minimum atomic E-state index is -0.538. The number of rotatable bonds is 5. The maximum absolute atomic E-state index is 13.9. The average Bonchev–Trinajstić information content (AvgIpc) is 2.53. The van der Waals surface area contributed by atoms with E-state index in [1.54, 1.807) is 19.2 Å². The second-order valence-corrected chi connectivity index (χ2v) is 4.52. The monoisotopic (exact) mass is 285 g/mol. The number of methoxy groups -OCH3 is 1.